The lowest BCUT2D eigenvalue weighted by molar-refractivity contribution is -0.132. The van der Waals surface area contributed by atoms with E-state index in [9.17, 15) is 9.59 Å². The van der Waals surface area contributed by atoms with Gasteiger partial charge in [0.2, 0.25) is 5.91 Å². The summed E-state index contributed by atoms with van der Waals surface area (Å²) in [6.45, 7) is 6.92. The Morgan fingerprint density at radius 1 is 1.23 bits per heavy atom. The van der Waals surface area contributed by atoms with E-state index in [1.54, 1.807) is 0 Å². The van der Waals surface area contributed by atoms with E-state index >= 15 is 0 Å². The second-order valence-corrected chi connectivity index (χ2v) is 7.50. The number of ether oxygens (including phenoxy) is 1. The van der Waals surface area contributed by atoms with Gasteiger partial charge in [0.1, 0.15) is 11.5 Å². The lowest BCUT2D eigenvalue weighted by Gasteiger charge is -2.39. The molecule has 0 aromatic carbocycles. The third kappa shape index (κ3) is 4.77. The zero-order valence-corrected chi connectivity index (χ0v) is 14.6. The summed E-state index contributed by atoms with van der Waals surface area (Å²) in [5.41, 5.74) is -0.498. The van der Waals surface area contributed by atoms with Crippen LogP contribution in [0.5, 0.6) is 0 Å². The molecule has 1 saturated carbocycles. The normalized spacial score (nSPS) is 22.4. The first kappa shape index (κ1) is 17.4. The number of amides is 2. The Balaban J connectivity index is 2.03. The minimum Gasteiger partial charge on any atom is -0.444 e. The molecule has 0 aromatic rings. The average Bonchev–Trinajstić information content (AvgIpc) is 3.26. The Morgan fingerprint density at radius 3 is 2.45 bits per heavy atom. The molecule has 5 nitrogen and oxygen atoms in total. The molecule has 1 aliphatic heterocycles. The van der Waals surface area contributed by atoms with Crippen LogP contribution in [0.15, 0.2) is 0 Å². The fourth-order valence-corrected chi connectivity index (χ4v) is 3.06. The smallest absolute Gasteiger partial charge is 0.410 e. The van der Waals surface area contributed by atoms with Gasteiger partial charge in [-0.3, -0.25) is 4.79 Å². The van der Waals surface area contributed by atoms with Gasteiger partial charge >= 0.3 is 6.09 Å². The van der Waals surface area contributed by atoms with Gasteiger partial charge in [-0.1, -0.05) is 0 Å². The number of alkyl halides is 1. The number of rotatable bonds is 4. The molecule has 2 rings (SSSR count). The molecule has 2 fully saturated rings. The zero-order valence-electron chi connectivity index (χ0n) is 13.8. The molecule has 1 saturated heterocycles. The molecule has 1 heterocycles. The molecule has 2 amide bonds. The van der Waals surface area contributed by atoms with Gasteiger partial charge in [0.05, 0.1) is 0 Å². The number of carbonyl (C=O) groups excluding carboxylic acids is 2. The van der Waals surface area contributed by atoms with Crippen molar-refractivity contribution in [2.24, 2.45) is 0 Å². The van der Waals surface area contributed by atoms with Crippen molar-refractivity contribution in [3.63, 3.8) is 0 Å². The molecule has 1 atom stereocenters. The summed E-state index contributed by atoms with van der Waals surface area (Å²) in [4.78, 5) is 28.1. The van der Waals surface area contributed by atoms with E-state index in [1.165, 1.54) is 0 Å². The van der Waals surface area contributed by atoms with E-state index in [0.717, 1.165) is 38.6 Å². The highest BCUT2D eigenvalue weighted by Crippen LogP contribution is 2.30. The van der Waals surface area contributed by atoms with Gasteiger partial charge in [-0.25, -0.2) is 4.79 Å². The van der Waals surface area contributed by atoms with Gasteiger partial charge in [0.15, 0.2) is 0 Å². The highest BCUT2D eigenvalue weighted by Gasteiger charge is 2.38. The predicted octanol–water partition coefficient (Wildman–Crippen LogP) is 3.01. The SMILES string of the molecule is CC(C)(C)OC(=O)N(CC1CCCCN1C(=O)CCl)C1CC1. The monoisotopic (exact) mass is 330 g/mol. The van der Waals surface area contributed by atoms with Crippen LogP contribution in [0.3, 0.4) is 0 Å². The van der Waals surface area contributed by atoms with E-state index < -0.39 is 5.60 Å². The lowest BCUT2D eigenvalue weighted by Crippen LogP contribution is -2.52. The van der Waals surface area contributed by atoms with Crippen LogP contribution in [0.25, 0.3) is 0 Å². The van der Waals surface area contributed by atoms with Crippen molar-refractivity contribution in [2.75, 3.05) is 19.0 Å². The van der Waals surface area contributed by atoms with Crippen LogP contribution in [-0.2, 0) is 9.53 Å². The topological polar surface area (TPSA) is 49.9 Å². The highest BCUT2D eigenvalue weighted by atomic mass is 35.5. The van der Waals surface area contributed by atoms with Crippen LogP contribution in [0.2, 0.25) is 0 Å². The minimum atomic E-state index is -0.498. The molecular formula is C16H27ClN2O3. The molecule has 1 aliphatic carbocycles. The van der Waals surface area contributed by atoms with Gasteiger partial charge < -0.3 is 14.5 Å². The van der Waals surface area contributed by atoms with Crippen molar-refractivity contribution in [3.05, 3.63) is 0 Å². The Hall–Kier alpha value is -0.970. The van der Waals surface area contributed by atoms with Crippen molar-refractivity contribution in [3.8, 4) is 0 Å². The first-order valence-electron chi connectivity index (χ1n) is 8.17. The van der Waals surface area contributed by atoms with Crippen molar-refractivity contribution in [1.29, 1.82) is 0 Å². The first-order valence-corrected chi connectivity index (χ1v) is 8.70. The van der Waals surface area contributed by atoms with Crippen LogP contribution in [0, 0.1) is 0 Å². The fraction of sp³-hybridized carbons (Fsp3) is 0.875. The summed E-state index contributed by atoms with van der Waals surface area (Å²) in [5.74, 6) is -0.0295. The van der Waals surface area contributed by atoms with E-state index in [4.69, 9.17) is 16.3 Å². The van der Waals surface area contributed by atoms with Crippen LogP contribution in [0.1, 0.15) is 52.9 Å². The molecule has 0 bridgehead atoms. The summed E-state index contributed by atoms with van der Waals surface area (Å²) in [6.07, 6.45) is 4.80. The second kappa shape index (κ2) is 7.07. The molecular weight excluding hydrogens is 304 g/mol. The largest absolute Gasteiger partial charge is 0.444 e. The Morgan fingerprint density at radius 2 is 1.91 bits per heavy atom. The zero-order chi connectivity index (χ0) is 16.3. The number of halogens is 1. The van der Waals surface area contributed by atoms with E-state index in [2.05, 4.69) is 0 Å². The second-order valence-electron chi connectivity index (χ2n) is 7.23. The number of hydrogen-bond donors (Lipinski definition) is 0. The van der Waals surface area contributed by atoms with E-state index in [1.807, 2.05) is 30.6 Å². The minimum absolute atomic E-state index is 0.00632. The van der Waals surface area contributed by atoms with Gasteiger partial charge in [-0.2, -0.15) is 0 Å². The van der Waals surface area contributed by atoms with Crippen LogP contribution in [-0.4, -0.2) is 58.5 Å². The summed E-state index contributed by atoms with van der Waals surface area (Å²) >= 11 is 5.72. The number of hydrogen-bond acceptors (Lipinski definition) is 3. The standard InChI is InChI=1S/C16H27ClN2O3/c1-16(2,3)22-15(21)19(12-7-8-12)11-13-6-4-5-9-18(13)14(20)10-17/h12-13H,4-11H2,1-3H3. The van der Waals surface area contributed by atoms with Crippen molar-refractivity contribution >= 4 is 23.6 Å². The number of likely N-dealkylation sites (tertiary alicyclic amines) is 1. The molecule has 1 unspecified atom stereocenters. The van der Waals surface area contributed by atoms with Crippen LogP contribution >= 0.6 is 11.6 Å². The molecule has 0 aromatic heterocycles. The van der Waals surface area contributed by atoms with Crippen molar-refractivity contribution < 1.29 is 14.3 Å². The van der Waals surface area contributed by atoms with E-state index in [-0.39, 0.29) is 30.0 Å². The number of nitrogens with zero attached hydrogens (tertiary/aromatic N) is 2. The summed E-state index contributed by atoms with van der Waals surface area (Å²) in [7, 11) is 0. The Kier molecular flexibility index (Phi) is 5.59. The van der Waals surface area contributed by atoms with Gasteiger partial charge in [0, 0.05) is 25.2 Å². The van der Waals surface area contributed by atoms with Crippen LogP contribution < -0.4 is 0 Å². The maximum Gasteiger partial charge on any atom is 0.410 e. The number of piperidine rings is 1. The molecule has 2 aliphatic rings. The highest BCUT2D eigenvalue weighted by molar-refractivity contribution is 6.27. The summed E-state index contributed by atoms with van der Waals surface area (Å²) in [5, 5.41) is 0. The Labute approximate surface area is 137 Å². The molecule has 0 radical (unpaired) electrons. The summed E-state index contributed by atoms with van der Waals surface area (Å²) in [6, 6.07) is 0.331. The van der Waals surface area contributed by atoms with Crippen molar-refractivity contribution in [2.45, 2.75) is 70.6 Å². The Bertz CT molecular complexity index is 418. The summed E-state index contributed by atoms with van der Waals surface area (Å²) < 4.78 is 5.52. The van der Waals surface area contributed by atoms with Gasteiger partial charge in [-0.15, -0.1) is 11.6 Å². The molecule has 126 valence electrons. The maximum absolute atomic E-state index is 12.4. The molecule has 6 heteroatoms. The van der Waals surface area contributed by atoms with E-state index in [0.29, 0.717) is 6.54 Å². The number of carbonyl (C=O) groups is 2. The average molecular weight is 331 g/mol. The van der Waals surface area contributed by atoms with Gasteiger partial charge in [-0.05, 0) is 52.9 Å². The molecule has 22 heavy (non-hydrogen) atoms. The maximum atomic E-state index is 12.4. The quantitative estimate of drug-likeness (QED) is 0.744. The molecule has 0 N–H and O–H groups in total. The third-order valence-corrected chi connectivity index (χ3v) is 4.31. The predicted molar refractivity (Wildman–Crippen MR) is 86.0 cm³/mol. The first-order chi connectivity index (χ1) is 10.3. The van der Waals surface area contributed by atoms with Crippen LogP contribution in [0.4, 0.5) is 4.79 Å². The van der Waals surface area contributed by atoms with Gasteiger partial charge in [0.25, 0.3) is 0 Å². The lowest BCUT2D eigenvalue weighted by atomic mass is 10.0. The molecule has 0 spiro atoms. The third-order valence-electron chi connectivity index (χ3n) is 4.08. The van der Waals surface area contributed by atoms with Crippen molar-refractivity contribution in [1.82, 2.24) is 9.80 Å². The fourth-order valence-electron chi connectivity index (χ4n) is 2.90.